The molecule has 0 fully saturated rings. The van der Waals surface area contributed by atoms with Gasteiger partial charge < -0.3 is 4.74 Å². The van der Waals surface area contributed by atoms with E-state index in [0.29, 0.717) is 18.0 Å². The van der Waals surface area contributed by atoms with Gasteiger partial charge in [0.05, 0.1) is 17.8 Å². The van der Waals surface area contributed by atoms with Crippen molar-refractivity contribution in [2.24, 2.45) is 5.92 Å². The number of aryl methyl sites for hydroxylation is 1. The maximum atomic E-state index is 11.8. The van der Waals surface area contributed by atoms with Crippen LogP contribution in [0.4, 0.5) is 0 Å². The number of hydrogen-bond acceptors (Lipinski definition) is 4. The fourth-order valence-electron chi connectivity index (χ4n) is 1.38. The molecule has 0 aliphatic heterocycles. The van der Waals surface area contributed by atoms with Crippen LogP contribution in [0.1, 0.15) is 39.8 Å². The summed E-state index contributed by atoms with van der Waals surface area (Å²) in [6, 6.07) is 0. The maximum absolute atomic E-state index is 11.8. The largest absolute Gasteiger partial charge is 0.460 e. The molecule has 0 saturated carbocycles. The van der Waals surface area contributed by atoms with Crippen molar-refractivity contribution < 1.29 is 9.53 Å². The van der Waals surface area contributed by atoms with Crippen molar-refractivity contribution in [1.29, 1.82) is 0 Å². The molecule has 1 atom stereocenters. The number of nitrogens with zero attached hydrogens (tertiary/aromatic N) is 2. The first kappa shape index (κ1) is 14.9. The van der Waals surface area contributed by atoms with Gasteiger partial charge in [-0.05, 0) is 33.6 Å². The molecule has 1 rings (SSSR count). The summed E-state index contributed by atoms with van der Waals surface area (Å²) in [5.41, 5.74) is 0.346. The normalized spacial score (nSPS) is 13.2. The van der Waals surface area contributed by atoms with Gasteiger partial charge in [-0.2, -0.15) is 0 Å². The summed E-state index contributed by atoms with van der Waals surface area (Å²) in [6.45, 7) is 7.44. The van der Waals surface area contributed by atoms with Crippen LogP contribution in [-0.4, -0.2) is 21.5 Å². The van der Waals surface area contributed by atoms with Gasteiger partial charge in [-0.1, -0.05) is 18.5 Å². The van der Waals surface area contributed by atoms with Crippen LogP contribution in [-0.2, 0) is 16.0 Å². The third-order valence-electron chi connectivity index (χ3n) is 2.30. The molecular weight excluding hydrogens is 252 g/mol. The van der Waals surface area contributed by atoms with Gasteiger partial charge in [-0.3, -0.25) is 9.78 Å². The summed E-state index contributed by atoms with van der Waals surface area (Å²) in [6.07, 6.45) is 4.48. The second-order valence-corrected chi connectivity index (χ2v) is 5.69. The van der Waals surface area contributed by atoms with E-state index in [9.17, 15) is 4.79 Å². The van der Waals surface area contributed by atoms with E-state index >= 15 is 0 Å². The lowest BCUT2D eigenvalue weighted by Gasteiger charge is -2.22. The molecule has 0 aliphatic rings. The van der Waals surface area contributed by atoms with E-state index in [2.05, 4.69) is 9.97 Å². The number of aromatic nitrogens is 2. The lowest BCUT2D eigenvalue weighted by Crippen LogP contribution is -2.27. The minimum Gasteiger partial charge on any atom is -0.460 e. The standard InChI is InChI=1S/C13H19ClN2O2/c1-9(12(17)18-13(2,3)4)5-6-10-7-15-8-11(14)16-10/h7-9H,5-6H2,1-4H3/t9-/m0/s1. The number of hydrogen-bond donors (Lipinski definition) is 0. The Hall–Kier alpha value is -1.16. The fourth-order valence-corrected chi connectivity index (χ4v) is 1.55. The van der Waals surface area contributed by atoms with E-state index in [1.165, 1.54) is 6.20 Å². The van der Waals surface area contributed by atoms with Gasteiger partial charge in [-0.15, -0.1) is 0 Å². The van der Waals surface area contributed by atoms with Crippen LogP contribution in [0.2, 0.25) is 5.15 Å². The molecule has 1 aromatic heterocycles. The van der Waals surface area contributed by atoms with E-state index in [4.69, 9.17) is 16.3 Å². The molecule has 18 heavy (non-hydrogen) atoms. The van der Waals surface area contributed by atoms with Crippen LogP contribution < -0.4 is 0 Å². The molecule has 0 aliphatic carbocycles. The lowest BCUT2D eigenvalue weighted by molar-refractivity contribution is -0.159. The van der Waals surface area contributed by atoms with Crippen molar-refractivity contribution in [3.8, 4) is 0 Å². The van der Waals surface area contributed by atoms with Crippen LogP contribution in [0, 0.1) is 5.92 Å². The van der Waals surface area contributed by atoms with E-state index in [1.807, 2.05) is 27.7 Å². The lowest BCUT2D eigenvalue weighted by atomic mass is 10.0. The Kier molecular flexibility index (Phi) is 5.08. The van der Waals surface area contributed by atoms with Crippen molar-refractivity contribution in [3.63, 3.8) is 0 Å². The fraction of sp³-hybridized carbons (Fsp3) is 0.615. The highest BCUT2D eigenvalue weighted by molar-refractivity contribution is 6.29. The van der Waals surface area contributed by atoms with Gasteiger partial charge in [0.1, 0.15) is 10.8 Å². The van der Waals surface area contributed by atoms with Crippen LogP contribution in [0.3, 0.4) is 0 Å². The molecule has 4 nitrogen and oxygen atoms in total. The summed E-state index contributed by atoms with van der Waals surface area (Å²) >= 11 is 5.74. The molecule has 0 saturated heterocycles. The van der Waals surface area contributed by atoms with Gasteiger partial charge in [0, 0.05) is 6.20 Å². The van der Waals surface area contributed by atoms with Crippen LogP contribution >= 0.6 is 11.6 Å². The van der Waals surface area contributed by atoms with Gasteiger partial charge in [0.15, 0.2) is 0 Å². The molecule has 0 radical (unpaired) electrons. The molecule has 0 aromatic carbocycles. The van der Waals surface area contributed by atoms with Crippen LogP contribution in [0.15, 0.2) is 12.4 Å². The first-order chi connectivity index (χ1) is 8.28. The first-order valence-electron chi connectivity index (χ1n) is 5.97. The molecule has 5 heteroatoms. The third-order valence-corrected chi connectivity index (χ3v) is 2.48. The highest BCUT2D eigenvalue weighted by atomic mass is 35.5. The maximum Gasteiger partial charge on any atom is 0.309 e. The van der Waals surface area contributed by atoms with Crippen molar-refractivity contribution in [3.05, 3.63) is 23.2 Å². The second kappa shape index (κ2) is 6.14. The van der Waals surface area contributed by atoms with Gasteiger partial charge in [0.2, 0.25) is 0 Å². The molecular formula is C13H19ClN2O2. The zero-order valence-corrected chi connectivity index (χ0v) is 12.0. The smallest absolute Gasteiger partial charge is 0.309 e. The quantitative estimate of drug-likeness (QED) is 0.789. The number of carbonyl (C=O) groups excluding carboxylic acids is 1. The first-order valence-corrected chi connectivity index (χ1v) is 6.35. The van der Waals surface area contributed by atoms with Gasteiger partial charge in [-0.25, -0.2) is 4.98 Å². The minimum atomic E-state index is -0.443. The molecule has 0 spiro atoms. The summed E-state index contributed by atoms with van der Waals surface area (Å²) in [4.78, 5) is 19.8. The van der Waals surface area contributed by atoms with Crippen LogP contribution in [0.5, 0.6) is 0 Å². The summed E-state index contributed by atoms with van der Waals surface area (Å²) in [7, 11) is 0. The highest BCUT2D eigenvalue weighted by Gasteiger charge is 2.21. The van der Waals surface area contributed by atoms with Crippen molar-refractivity contribution in [1.82, 2.24) is 9.97 Å². The topological polar surface area (TPSA) is 52.1 Å². The summed E-state index contributed by atoms with van der Waals surface area (Å²) in [5.74, 6) is -0.345. The number of rotatable bonds is 4. The molecule has 0 unspecified atom stereocenters. The molecule has 1 aromatic rings. The second-order valence-electron chi connectivity index (χ2n) is 5.31. The minimum absolute atomic E-state index is 0.162. The Labute approximate surface area is 113 Å². The number of esters is 1. The predicted molar refractivity (Wildman–Crippen MR) is 70.4 cm³/mol. The van der Waals surface area contributed by atoms with E-state index in [1.54, 1.807) is 6.20 Å². The van der Waals surface area contributed by atoms with Gasteiger partial charge >= 0.3 is 5.97 Å². The Bertz CT molecular complexity index is 416. The monoisotopic (exact) mass is 270 g/mol. The average molecular weight is 271 g/mol. The number of carbonyl (C=O) groups is 1. The molecule has 0 bridgehead atoms. The van der Waals surface area contributed by atoms with E-state index in [-0.39, 0.29) is 11.9 Å². The Morgan fingerprint density at radius 1 is 1.44 bits per heavy atom. The van der Waals surface area contributed by atoms with Crippen LogP contribution in [0.25, 0.3) is 0 Å². The van der Waals surface area contributed by atoms with Gasteiger partial charge in [0.25, 0.3) is 0 Å². The molecule has 100 valence electrons. The highest BCUT2D eigenvalue weighted by Crippen LogP contribution is 2.15. The summed E-state index contributed by atoms with van der Waals surface area (Å²) in [5, 5.41) is 0.373. The SMILES string of the molecule is C[C@@H](CCc1cncc(Cl)n1)C(=O)OC(C)(C)C. The third kappa shape index (κ3) is 5.45. The zero-order chi connectivity index (χ0) is 13.8. The molecule has 0 N–H and O–H groups in total. The average Bonchev–Trinajstić information content (AvgIpc) is 2.23. The van der Waals surface area contributed by atoms with Crippen molar-refractivity contribution >= 4 is 17.6 Å². The van der Waals surface area contributed by atoms with E-state index < -0.39 is 5.60 Å². The number of halogens is 1. The number of ether oxygens (including phenoxy) is 1. The van der Waals surface area contributed by atoms with Crippen molar-refractivity contribution in [2.45, 2.75) is 46.1 Å². The van der Waals surface area contributed by atoms with Crippen molar-refractivity contribution in [2.75, 3.05) is 0 Å². The predicted octanol–water partition coefficient (Wildman–Crippen LogP) is 3.04. The summed E-state index contributed by atoms with van der Waals surface area (Å²) < 4.78 is 5.31. The Balaban J connectivity index is 2.46. The zero-order valence-electron chi connectivity index (χ0n) is 11.2. The Morgan fingerprint density at radius 2 is 2.11 bits per heavy atom. The molecule has 0 amide bonds. The Morgan fingerprint density at radius 3 is 2.67 bits per heavy atom. The molecule has 1 heterocycles. The van der Waals surface area contributed by atoms with E-state index in [0.717, 1.165) is 5.69 Å².